The second-order valence-electron chi connectivity index (χ2n) is 4.89. The smallest absolute Gasteiger partial charge is 0.336 e. The van der Waals surface area contributed by atoms with E-state index in [4.69, 9.17) is 0 Å². The Kier molecular flexibility index (Phi) is 4.66. The molecule has 0 saturated heterocycles. The molecule has 2 nitrogen and oxygen atoms in total. The van der Waals surface area contributed by atoms with Gasteiger partial charge in [-0.25, -0.2) is 0 Å². The van der Waals surface area contributed by atoms with Crippen LogP contribution < -0.4 is 0 Å². The molecule has 0 spiro atoms. The average molecular weight is 338 g/mol. The Morgan fingerprint density at radius 2 is 1.89 bits per heavy atom. The fourth-order valence-corrected chi connectivity index (χ4v) is 1.76. The minimum absolute atomic E-state index is 0.0337. The van der Waals surface area contributed by atoms with Crippen molar-refractivity contribution in [3.05, 3.63) is 35.4 Å². The molecule has 0 aliphatic carbocycles. The number of rotatable bonds is 3. The number of halogens is 4. The summed E-state index contributed by atoms with van der Waals surface area (Å²) in [7, 11) is 1.57. The molecule has 0 N–H and O–H groups in total. The molecule has 0 fully saturated rings. The molecule has 0 aromatic heterocycles. The summed E-state index contributed by atoms with van der Waals surface area (Å²) in [5.74, 6) is -0.435. The van der Waals surface area contributed by atoms with Gasteiger partial charge in [0.15, 0.2) is 0 Å². The van der Waals surface area contributed by atoms with E-state index in [2.05, 4.69) is 15.9 Å². The SMILES string of the molecule is CN(C(=O)c1cccc(C(F)(F)F)c1)C(C)(C)CBr. The lowest BCUT2D eigenvalue weighted by Gasteiger charge is -2.34. The van der Waals surface area contributed by atoms with Crippen molar-refractivity contribution in [2.45, 2.75) is 25.6 Å². The van der Waals surface area contributed by atoms with Crippen molar-refractivity contribution < 1.29 is 18.0 Å². The molecule has 0 aliphatic heterocycles. The fourth-order valence-electron chi connectivity index (χ4n) is 1.39. The van der Waals surface area contributed by atoms with E-state index in [9.17, 15) is 18.0 Å². The lowest BCUT2D eigenvalue weighted by atomic mass is 10.0. The summed E-state index contributed by atoms with van der Waals surface area (Å²) in [6.07, 6.45) is -4.44. The summed E-state index contributed by atoms with van der Waals surface area (Å²) in [6, 6.07) is 4.46. The number of carbonyl (C=O) groups is 1. The van der Waals surface area contributed by atoms with Gasteiger partial charge in [0.25, 0.3) is 5.91 Å². The van der Waals surface area contributed by atoms with Crippen LogP contribution in [-0.4, -0.2) is 28.7 Å². The fraction of sp³-hybridized carbons (Fsp3) is 0.462. The van der Waals surface area contributed by atoms with Gasteiger partial charge in [0.1, 0.15) is 0 Å². The first kappa shape index (κ1) is 16.0. The van der Waals surface area contributed by atoms with Gasteiger partial charge in [0.05, 0.1) is 5.56 Å². The molecule has 19 heavy (non-hydrogen) atoms. The summed E-state index contributed by atoms with van der Waals surface area (Å²) in [5, 5.41) is 0.529. The van der Waals surface area contributed by atoms with E-state index in [1.165, 1.54) is 17.0 Å². The Balaban J connectivity index is 3.08. The van der Waals surface area contributed by atoms with E-state index < -0.39 is 23.2 Å². The van der Waals surface area contributed by atoms with Crippen LogP contribution in [0.4, 0.5) is 13.2 Å². The second kappa shape index (κ2) is 5.53. The van der Waals surface area contributed by atoms with Crippen LogP contribution in [0.25, 0.3) is 0 Å². The second-order valence-corrected chi connectivity index (χ2v) is 5.45. The van der Waals surface area contributed by atoms with Crippen LogP contribution in [0.15, 0.2) is 24.3 Å². The van der Waals surface area contributed by atoms with Gasteiger partial charge in [-0.15, -0.1) is 0 Å². The number of amides is 1. The van der Waals surface area contributed by atoms with Crippen LogP contribution in [0.3, 0.4) is 0 Å². The Labute approximate surface area is 118 Å². The predicted octanol–water partition coefficient (Wildman–Crippen LogP) is 3.95. The van der Waals surface area contributed by atoms with E-state index in [0.29, 0.717) is 5.33 Å². The maximum absolute atomic E-state index is 12.6. The van der Waals surface area contributed by atoms with Gasteiger partial charge >= 0.3 is 6.18 Å². The third-order valence-corrected chi connectivity index (χ3v) is 4.35. The number of benzene rings is 1. The molecule has 0 aliphatic rings. The lowest BCUT2D eigenvalue weighted by Crippen LogP contribution is -2.46. The first-order chi connectivity index (χ1) is 8.59. The molecule has 0 unspecified atom stereocenters. The van der Waals surface area contributed by atoms with E-state index in [1.807, 2.05) is 13.8 Å². The largest absolute Gasteiger partial charge is 0.416 e. The molecule has 0 heterocycles. The Morgan fingerprint density at radius 1 is 1.32 bits per heavy atom. The van der Waals surface area contributed by atoms with Gasteiger partial charge in [-0.2, -0.15) is 13.2 Å². The van der Waals surface area contributed by atoms with E-state index in [-0.39, 0.29) is 5.56 Å². The third-order valence-electron chi connectivity index (χ3n) is 2.98. The topological polar surface area (TPSA) is 20.3 Å². The zero-order chi connectivity index (χ0) is 14.8. The van der Waals surface area contributed by atoms with E-state index in [1.54, 1.807) is 7.05 Å². The highest BCUT2D eigenvalue weighted by atomic mass is 79.9. The van der Waals surface area contributed by atoms with Crippen molar-refractivity contribution in [3.8, 4) is 0 Å². The van der Waals surface area contributed by atoms with E-state index in [0.717, 1.165) is 12.1 Å². The van der Waals surface area contributed by atoms with Crippen molar-refractivity contribution in [1.29, 1.82) is 0 Å². The van der Waals surface area contributed by atoms with Crippen LogP contribution in [0.1, 0.15) is 29.8 Å². The quantitative estimate of drug-likeness (QED) is 0.764. The molecule has 0 saturated carbocycles. The number of carbonyl (C=O) groups excluding carboxylic acids is 1. The van der Waals surface area contributed by atoms with Crippen LogP contribution >= 0.6 is 15.9 Å². The number of alkyl halides is 4. The highest BCUT2D eigenvalue weighted by molar-refractivity contribution is 9.09. The Morgan fingerprint density at radius 3 is 2.37 bits per heavy atom. The normalized spacial score (nSPS) is 12.4. The summed E-state index contributed by atoms with van der Waals surface area (Å²) in [6.45, 7) is 3.65. The maximum atomic E-state index is 12.6. The lowest BCUT2D eigenvalue weighted by molar-refractivity contribution is -0.137. The third kappa shape index (κ3) is 3.72. The van der Waals surface area contributed by atoms with Crippen molar-refractivity contribution in [3.63, 3.8) is 0 Å². The van der Waals surface area contributed by atoms with Crippen molar-refractivity contribution in [2.24, 2.45) is 0 Å². The zero-order valence-electron chi connectivity index (χ0n) is 10.9. The molecule has 6 heteroatoms. The van der Waals surface area contributed by atoms with E-state index >= 15 is 0 Å². The molecular formula is C13H15BrF3NO. The highest BCUT2D eigenvalue weighted by Crippen LogP contribution is 2.30. The molecule has 1 amide bonds. The molecule has 0 bridgehead atoms. The van der Waals surface area contributed by atoms with Gasteiger partial charge in [-0.3, -0.25) is 4.79 Å². The number of hydrogen-bond donors (Lipinski definition) is 0. The Bertz CT molecular complexity index is 471. The van der Waals surface area contributed by atoms with Crippen molar-refractivity contribution >= 4 is 21.8 Å². The van der Waals surface area contributed by atoms with Crippen LogP contribution in [-0.2, 0) is 6.18 Å². The summed E-state index contributed by atoms with van der Waals surface area (Å²) >= 11 is 3.28. The average Bonchev–Trinajstić information content (AvgIpc) is 2.36. The van der Waals surface area contributed by atoms with Gasteiger partial charge < -0.3 is 4.90 Å². The number of nitrogens with zero attached hydrogens (tertiary/aromatic N) is 1. The van der Waals surface area contributed by atoms with Crippen LogP contribution in [0.2, 0.25) is 0 Å². The molecule has 0 radical (unpaired) electrons. The van der Waals surface area contributed by atoms with Gasteiger partial charge in [0, 0.05) is 23.5 Å². The van der Waals surface area contributed by atoms with Crippen molar-refractivity contribution in [1.82, 2.24) is 4.90 Å². The van der Waals surface area contributed by atoms with Gasteiger partial charge in [0.2, 0.25) is 0 Å². The summed E-state index contributed by atoms with van der Waals surface area (Å²) in [5.41, 5.74) is -1.26. The highest BCUT2D eigenvalue weighted by Gasteiger charge is 2.32. The van der Waals surface area contributed by atoms with Gasteiger partial charge in [-0.05, 0) is 32.0 Å². The first-order valence-electron chi connectivity index (χ1n) is 5.61. The van der Waals surface area contributed by atoms with Crippen LogP contribution in [0, 0.1) is 0 Å². The molecule has 106 valence electrons. The Hall–Kier alpha value is -1.04. The van der Waals surface area contributed by atoms with Crippen molar-refractivity contribution in [2.75, 3.05) is 12.4 Å². The predicted molar refractivity (Wildman–Crippen MR) is 71.4 cm³/mol. The molecule has 1 aromatic rings. The van der Waals surface area contributed by atoms with Gasteiger partial charge in [-0.1, -0.05) is 22.0 Å². The van der Waals surface area contributed by atoms with Crippen LogP contribution in [0.5, 0.6) is 0 Å². The zero-order valence-corrected chi connectivity index (χ0v) is 12.5. The maximum Gasteiger partial charge on any atom is 0.416 e. The standard InChI is InChI=1S/C13H15BrF3NO/c1-12(2,8-14)18(3)11(19)9-5-4-6-10(7-9)13(15,16)17/h4-7H,8H2,1-3H3. The number of hydrogen-bond acceptors (Lipinski definition) is 1. The molecular weight excluding hydrogens is 323 g/mol. The minimum Gasteiger partial charge on any atom is -0.336 e. The molecule has 0 atom stereocenters. The summed E-state index contributed by atoms with van der Waals surface area (Å²) in [4.78, 5) is 13.6. The molecule has 1 rings (SSSR count). The first-order valence-corrected chi connectivity index (χ1v) is 6.73. The molecule has 1 aromatic carbocycles. The minimum atomic E-state index is -4.44. The monoisotopic (exact) mass is 337 g/mol. The summed E-state index contributed by atoms with van der Waals surface area (Å²) < 4.78 is 37.8.